The average Bonchev–Trinajstić information content (AvgIpc) is 2.44. The fraction of sp³-hybridized carbons (Fsp3) is 1.00. The van der Waals surface area contributed by atoms with Crippen LogP contribution in [0.3, 0.4) is 0 Å². The van der Waals surface area contributed by atoms with Gasteiger partial charge in [0.1, 0.15) is 0 Å². The number of ether oxygens (including phenoxy) is 1. The molecule has 0 radical (unpaired) electrons. The lowest BCUT2D eigenvalue weighted by atomic mass is 10.3. The van der Waals surface area contributed by atoms with E-state index in [0.717, 1.165) is 5.92 Å². The van der Waals surface area contributed by atoms with E-state index in [0.29, 0.717) is 6.10 Å². The van der Waals surface area contributed by atoms with Gasteiger partial charge in [0.25, 0.3) is 0 Å². The van der Waals surface area contributed by atoms with Gasteiger partial charge >= 0.3 is 0 Å². The zero-order chi connectivity index (χ0) is 5.28. The molecule has 1 aliphatic rings. The first-order valence-electron chi connectivity index (χ1n) is 2.87. The van der Waals surface area contributed by atoms with E-state index in [9.17, 15) is 0 Å². The maximum Gasteiger partial charge on any atom is 0.0571 e. The maximum atomic E-state index is 5.07. The molecule has 0 saturated heterocycles. The van der Waals surface area contributed by atoms with Crippen LogP contribution < -0.4 is 0 Å². The summed E-state index contributed by atoms with van der Waals surface area (Å²) in [6.07, 6.45) is 3.28. The molecule has 1 aliphatic carbocycles. The molecule has 0 spiro atoms. The molecule has 0 aromatic rings. The molecular weight excluding hydrogens is 88.1 g/mol. The summed E-state index contributed by atoms with van der Waals surface area (Å²) in [5, 5.41) is 0. The molecule has 1 heteroatoms. The first kappa shape index (κ1) is 5.10. The van der Waals surface area contributed by atoms with Crippen LogP contribution in [0, 0.1) is 5.92 Å². The summed E-state index contributed by atoms with van der Waals surface area (Å²) >= 11 is 0. The highest BCUT2D eigenvalue weighted by Crippen LogP contribution is 2.33. The van der Waals surface area contributed by atoms with Crippen LogP contribution in [0.15, 0.2) is 0 Å². The molecule has 0 amide bonds. The highest BCUT2D eigenvalue weighted by Gasteiger charge is 2.27. The Labute approximate surface area is 44.7 Å². The third kappa shape index (κ3) is 1.16. The summed E-state index contributed by atoms with van der Waals surface area (Å²) in [6.45, 7) is 2.14. The lowest BCUT2D eigenvalue weighted by Crippen LogP contribution is -2.05. The Morgan fingerprint density at radius 2 is 2.14 bits per heavy atom. The maximum absolute atomic E-state index is 5.07. The molecule has 7 heavy (non-hydrogen) atoms. The molecule has 1 fully saturated rings. The summed E-state index contributed by atoms with van der Waals surface area (Å²) in [5.74, 6) is 0.894. The van der Waals surface area contributed by atoms with Crippen molar-refractivity contribution in [2.45, 2.75) is 25.9 Å². The molecule has 1 nitrogen and oxygen atoms in total. The Morgan fingerprint density at radius 3 is 2.29 bits per heavy atom. The molecule has 0 bridgehead atoms. The van der Waals surface area contributed by atoms with E-state index in [1.165, 1.54) is 12.8 Å². The van der Waals surface area contributed by atoms with Gasteiger partial charge in [-0.15, -0.1) is 0 Å². The molecule has 0 aromatic heterocycles. The SMILES string of the molecule is COC(C)C1CC1. The van der Waals surface area contributed by atoms with Crippen LogP contribution in [0.1, 0.15) is 19.8 Å². The zero-order valence-corrected chi connectivity index (χ0v) is 4.98. The van der Waals surface area contributed by atoms with Gasteiger partial charge in [-0.3, -0.25) is 0 Å². The number of rotatable bonds is 2. The summed E-state index contributed by atoms with van der Waals surface area (Å²) in [5.41, 5.74) is 0. The molecule has 0 aromatic carbocycles. The van der Waals surface area contributed by atoms with Crippen molar-refractivity contribution in [2.24, 2.45) is 5.92 Å². The van der Waals surface area contributed by atoms with Crippen molar-refractivity contribution in [1.29, 1.82) is 0 Å². The first-order chi connectivity index (χ1) is 3.34. The quantitative estimate of drug-likeness (QED) is 0.510. The van der Waals surface area contributed by atoms with Gasteiger partial charge in [0, 0.05) is 7.11 Å². The highest BCUT2D eigenvalue weighted by atomic mass is 16.5. The molecule has 1 saturated carbocycles. The summed E-state index contributed by atoms with van der Waals surface area (Å²) < 4.78 is 5.07. The van der Waals surface area contributed by atoms with Gasteiger partial charge in [-0.25, -0.2) is 0 Å². The predicted octanol–water partition coefficient (Wildman–Crippen LogP) is 1.43. The van der Waals surface area contributed by atoms with E-state index in [1.54, 1.807) is 7.11 Å². The van der Waals surface area contributed by atoms with Crippen molar-refractivity contribution < 1.29 is 4.74 Å². The summed E-state index contributed by atoms with van der Waals surface area (Å²) in [7, 11) is 1.78. The predicted molar refractivity (Wildman–Crippen MR) is 29.2 cm³/mol. The van der Waals surface area contributed by atoms with Crippen molar-refractivity contribution in [3.05, 3.63) is 0 Å². The Balaban J connectivity index is 2.10. The smallest absolute Gasteiger partial charge is 0.0571 e. The van der Waals surface area contributed by atoms with Crippen LogP contribution in [0.25, 0.3) is 0 Å². The van der Waals surface area contributed by atoms with E-state index in [4.69, 9.17) is 4.74 Å². The van der Waals surface area contributed by atoms with Crippen LogP contribution >= 0.6 is 0 Å². The first-order valence-corrected chi connectivity index (χ1v) is 2.87. The summed E-state index contributed by atoms with van der Waals surface area (Å²) in [6, 6.07) is 0. The highest BCUT2D eigenvalue weighted by molar-refractivity contribution is 4.78. The fourth-order valence-electron chi connectivity index (χ4n) is 0.758. The van der Waals surface area contributed by atoms with Crippen molar-refractivity contribution in [3.8, 4) is 0 Å². The van der Waals surface area contributed by atoms with Gasteiger partial charge in [-0.05, 0) is 25.7 Å². The van der Waals surface area contributed by atoms with Gasteiger partial charge in [0.05, 0.1) is 6.10 Å². The minimum absolute atomic E-state index is 0.514. The van der Waals surface area contributed by atoms with Crippen LogP contribution in [-0.2, 0) is 4.74 Å². The zero-order valence-electron chi connectivity index (χ0n) is 4.98. The van der Waals surface area contributed by atoms with E-state index in [1.807, 2.05) is 0 Å². The average molecular weight is 100 g/mol. The summed E-state index contributed by atoms with van der Waals surface area (Å²) in [4.78, 5) is 0. The van der Waals surface area contributed by atoms with Gasteiger partial charge in [0.15, 0.2) is 0 Å². The van der Waals surface area contributed by atoms with E-state index < -0.39 is 0 Å². The van der Waals surface area contributed by atoms with Gasteiger partial charge < -0.3 is 4.74 Å². The second kappa shape index (κ2) is 1.83. The Kier molecular flexibility index (Phi) is 1.33. The van der Waals surface area contributed by atoms with E-state index >= 15 is 0 Å². The largest absolute Gasteiger partial charge is 0.381 e. The molecule has 0 heterocycles. The van der Waals surface area contributed by atoms with E-state index in [2.05, 4.69) is 6.92 Å². The lowest BCUT2D eigenvalue weighted by Gasteiger charge is -2.04. The second-order valence-corrected chi connectivity index (χ2v) is 2.28. The Hall–Kier alpha value is -0.0400. The van der Waals surface area contributed by atoms with E-state index in [-0.39, 0.29) is 0 Å². The van der Waals surface area contributed by atoms with Crippen LogP contribution in [0.5, 0.6) is 0 Å². The topological polar surface area (TPSA) is 9.23 Å². The number of hydrogen-bond acceptors (Lipinski definition) is 1. The van der Waals surface area contributed by atoms with Crippen molar-refractivity contribution in [1.82, 2.24) is 0 Å². The molecule has 0 aliphatic heterocycles. The number of hydrogen-bond donors (Lipinski definition) is 0. The number of methoxy groups -OCH3 is 1. The van der Waals surface area contributed by atoms with Gasteiger partial charge in [0.2, 0.25) is 0 Å². The third-order valence-corrected chi connectivity index (χ3v) is 1.66. The van der Waals surface area contributed by atoms with Crippen LogP contribution in [0.2, 0.25) is 0 Å². The fourth-order valence-corrected chi connectivity index (χ4v) is 0.758. The van der Waals surface area contributed by atoms with Crippen LogP contribution in [-0.4, -0.2) is 13.2 Å². The standard InChI is InChI=1S/C6H12O/c1-5(7-2)6-3-4-6/h5-6H,3-4H2,1-2H3. The lowest BCUT2D eigenvalue weighted by molar-refractivity contribution is 0.100. The van der Waals surface area contributed by atoms with Gasteiger partial charge in [-0.2, -0.15) is 0 Å². The Morgan fingerprint density at radius 1 is 1.57 bits per heavy atom. The molecule has 42 valence electrons. The monoisotopic (exact) mass is 100 g/mol. The third-order valence-electron chi connectivity index (χ3n) is 1.66. The molecule has 1 atom stereocenters. The van der Waals surface area contributed by atoms with Gasteiger partial charge in [-0.1, -0.05) is 0 Å². The molecule has 1 unspecified atom stereocenters. The molecular formula is C6H12O. The minimum Gasteiger partial charge on any atom is -0.381 e. The van der Waals surface area contributed by atoms with Crippen LogP contribution in [0.4, 0.5) is 0 Å². The minimum atomic E-state index is 0.514. The molecule has 0 N–H and O–H groups in total. The van der Waals surface area contributed by atoms with Crippen molar-refractivity contribution in [2.75, 3.05) is 7.11 Å². The normalized spacial score (nSPS) is 24.9. The van der Waals surface area contributed by atoms with Crippen molar-refractivity contribution >= 4 is 0 Å². The molecule has 1 rings (SSSR count). The second-order valence-electron chi connectivity index (χ2n) is 2.28. The Bertz CT molecular complexity index is 57.2. The van der Waals surface area contributed by atoms with Crippen molar-refractivity contribution in [3.63, 3.8) is 0 Å².